The lowest BCUT2D eigenvalue weighted by Crippen LogP contribution is -2.34. The van der Waals surface area contributed by atoms with Crippen LogP contribution in [0.25, 0.3) is 11.1 Å². The first-order valence-corrected chi connectivity index (χ1v) is 9.62. The zero-order chi connectivity index (χ0) is 21.5. The zero-order valence-corrected chi connectivity index (χ0v) is 17.0. The van der Waals surface area contributed by atoms with Gasteiger partial charge in [0.2, 0.25) is 0 Å². The summed E-state index contributed by atoms with van der Waals surface area (Å²) in [6.45, 7) is 0.482. The Balaban J connectivity index is 1.60. The lowest BCUT2D eigenvalue weighted by molar-refractivity contribution is 0.0928. The SMILES string of the molecule is COc1ccc(F)cc1-c1cccc(C(=O)NCCNC(=O)c2ccccc2Cl)c1. The van der Waals surface area contributed by atoms with Crippen molar-refractivity contribution in [1.82, 2.24) is 10.6 Å². The van der Waals surface area contributed by atoms with Crippen LogP contribution in [0.5, 0.6) is 5.75 Å². The van der Waals surface area contributed by atoms with Crippen LogP contribution in [0.4, 0.5) is 4.39 Å². The summed E-state index contributed by atoms with van der Waals surface area (Å²) in [7, 11) is 1.50. The van der Waals surface area contributed by atoms with E-state index in [0.717, 1.165) is 0 Å². The number of carbonyl (C=O) groups is 2. The summed E-state index contributed by atoms with van der Waals surface area (Å²) in [5, 5.41) is 5.82. The number of methoxy groups -OCH3 is 1. The molecule has 0 aliphatic rings. The highest BCUT2D eigenvalue weighted by molar-refractivity contribution is 6.33. The van der Waals surface area contributed by atoms with Gasteiger partial charge in [-0.1, -0.05) is 35.9 Å². The summed E-state index contributed by atoms with van der Waals surface area (Å²) >= 11 is 6.00. The fourth-order valence-corrected chi connectivity index (χ4v) is 3.15. The van der Waals surface area contributed by atoms with E-state index < -0.39 is 5.82 Å². The number of hydrogen-bond donors (Lipinski definition) is 2. The van der Waals surface area contributed by atoms with E-state index in [1.807, 2.05) is 0 Å². The molecule has 0 radical (unpaired) electrons. The Bertz CT molecular complexity index is 1070. The number of amides is 2. The van der Waals surface area contributed by atoms with Crippen molar-refractivity contribution in [3.05, 3.63) is 88.7 Å². The van der Waals surface area contributed by atoms with E-state index >= 15 is 0 Å². The molecule has 0 fully saturated rings. The molecule has 3 rings (SSSR count). The van der Waals surface area contributed by atoms with Crippen LogP contribution in [0.3, 0.4) is 0 Å². The standard InChI is InChI=1S/C23H20ClFN2O3/c1-30-21-10-9-17(25)14-19(21)15-5-4-6-16(13-15)22(28)26-11-12-27-23(29)18-7-2-3-8-20(18)24/h2-10,13-14H,11-12H2,1H3,(H,26,28)(H,27,29). The van der Waals surface area contributed by atoms with E-state index in [1.54, 1.807) is 54.6 Å². The largest absolute Gasteiger partial charge is 0.496 e. The molecule has 3 aromatic rings. The molecular weight excluding hydrogens is 407 g/mol. The Morgan fingerprint density at radius 1 is 0.933 bits per heavy atom. The predicted molar refractivity (Wildman–Crippen MR) is 115 cm³/mol. The molecule has 154 valence electrons. The van der Waals surface area contributed by atoms with Crippen LogP contribution in [0.1, 0.15) is 20.7 Å². The molecule has 2 N–H and O–H groups in total. The maximum absolute atomic E-state index is 13.7. The third kappa shape index (κ3) is 5.15. The Kier molecular flexibility index (Phi) is 7.03. The molecule has 0 saturated heterocycles. The van der Waals surface area contributed by atoms with Crippen LogP contribution in [-0.4, -0.2) is 32.0 Å². The molecule has 0 heterocycles. The van der Waals surface area contributed by atoms with E-state index in [0.29, 0.717) is 33.0 Å². The van der Waals surface area contributed by atoms with Crippen molar-refractivity contribution in [3.63, 3.8) is 0 Å². The van der Waals surface area contributed by atoms with Crippen molar-refractivity contribution >= 4 is 23.4 Å². The monoisotopic (exact) mass is 426 g/mol. The van der Waals surface area contributed by atoms with Crippen molar-refractivity contribution in [1.29, 1.82) is 0 Å². The van der Waals surface area contributed by atoms with Gasteiger partial charge in [0.25, 0.3) is 11.8 Å². The number of ether oxygens (including phenoxy) is 1. The minimum absolute atomic E-state index is 0.239. The highest BCUT2D eigenvalue weighted by Crippen LogP contribution is 2.31. The van der Waals surface area contributed by atoms with E-state index in [9.17, 15) is 14.0 Å². The Morgan fingerprint density at radius 2 is 1.67 bits per heavy atom. The predicted octanol–water partition coefficient (Wildman–Crippen LogP) is 4.31. The Morgan fingerprint density at radius 3 is 2.40 bits per heavy atom. The molecule has 30 heavy (non-hydrogen) atoms. The molecule has 3 aromatic carbocycles. The Hall–Kier alpha value is -3.38. The quantitative estimate of drug-likeness (QED) is 0.553. The minimum Gasteiger partial charge on any atom is -0.496 e. The second-order valence-corrected chi connectivity index (χ2v) is 6.82. The summed E-state index contributed by atoms with van der Waals surface area (Å²) in [5.41, 5.74) is 2.00. The van der Waals surface area contributed by atoms with Gasteiger partial charge in [-0.2, -0.15) is 0 Å². The van der Waals surface area contributed by atoms with E-state index in [2.05, 4.69) is 10.6 Å². The van der Waals surface area contributed by atoms with Crippen molar-refractivity contribution in [2.45, 2.75) is 0 Å². The number of rotatable bonds is 7. The maximum atomic E-state index is 13.7. The van der Waals surface area contributed by atoms with Crippen molar-refractivity contribution in [2.24, 2.45) is 0 Å². The summed E-state index contributed by atoms with van der Waals surface area (Å²) in [5.74, 6) is -0.500. The fraction of sp³-hybridized carbons (Fsp3) is 0.130. The third-order valence-electron chi connectivity index (χ3n) is 4.41. The topological polar surface area (TPSA) is 67.4 Å². The number of halogens is 2. The number of carbonyl (C=O) groups excluding carboxylic acids is 2. The molecule has 5 nitrogen and oxygen atoms in total. The van der Waals surface area contributed by atoms with Crippen LogP contribution in [0, 0.1) is 5.82 Å². The summed E-state index contributed by atoms with van der Waals surface area (Å²) < 4.78 is 19.0. The summed E-state index contributed by atoms with van der Waals surface area (Å²) in [6, 6.07) is 17.8. The van der Waals surface area contributed by atoms with Gasteiger partial charge in [0.15, 0.2) is 0 Å². The smallest absolute Gasteiger partial charge is 0.252 e. The van der Waals surface area contributed by atoms with E-state index in [-0.39, 0.29) is 24.9 Å². The average Bonchev–Trinajstić information content (AvgIpc) is 2.76. The number of benzene rings is 3. The molecule has 0 unspecified atom stereocenters. The van der Waals surface area contributed by atoms with Crippen molar-refractivity contribution < 1.29 is 18.7 Å². The molecule has 0 spiro atoms. The van der Waals surface area contributed by atoms with Gasteiger partial charge in [0.05, 0.1) is 17.7 Å². The maximum Gasteiger partial charge on any atom is 0.252 e. The van der Waals surface area contributed by atoms with Crippen LogP contribution in [-0.2, 0) is 0 Å². The van der Waals surface area contributed by atoms with Crippen molar-refractivity contribution in [2.75, 3.05) is 20.2 Å². The second kappa shape index (κ2) is 9.89. The average molecular weight is 427 g/mol. The van der Waals surface area contributed by atoms with Gasteiger partial charge < -0.3 is 15.4 Å². The van der Waals surface area contributed by atoms with Crippen LogP contribution in [0.15, 0.2) is 66.7 Å². The summed E-state index contributed by atoms with van der Waals surface area (Å²) in [6.07, 6.45) is 0. The molecule has 0 aromatic heterocycles. The molecule has 0 atom stereocenters. The normalized spacial score (nSPS) is 10.4. The van der Waals surface area contributed by atoms with Crippen molar-refractivity contribution in [3.8, 4) is 16.9 Å². The first kappa shape index (κ1) is 21.3. The first-order chi connectivity index (χ1) is 14.5. The first-order valence-electron chi connectivity index (χ1n) is 9.24. The zero-order valence-electron chi connectivity index (χ0n) is 16.2. The van der Waals surface area contributed by atoms with Gasteiger partial charge >= 0.3 is 0 Å². The number of nitrogens with one attached hydrogen (secondary N) is 2. The summed E-state index contributed by atoms with van der Waals surface area (Å²) in [4.78, 5) is 24.6. The fourth-order valence-electron chi connectivity index (χ4n) is 2.93. The lowest BCUT2D eigenvalue weighted by Gasteiger charge is -2.11. The molecule has 7 heteroatoms. The van der Waals surface area contributed by atoms with Crippen LogP contribution < -0.4 is 15.4 Å². The van der Waals surface area contributed by atoms with Crippen LogP contribution >= 0.6 is 11.6 Å². The molecule has 0 aliphatic carbocycles. The molecular formula is C23H20ClFN2O3. The highest BCUT2D eigenvalue weighted by atomic mass is 35.5. The molecule has 2 amide bonds. The molecule has 0 bridgehead atoms. The van der Waals surface area contributed by atoms with Gasteiger partial charge in [0, 0.05) is 24.2 Å². The van der Waals surface area contributed by atoms with Crippen LogP contribution in [0.2, 0.25) is 5.02 Å². The van der Waals surface area contributed by atoms with E-state index in [1.165, 1.54) is 19.2 Å². The second-order valence-electron chi connectivity index (χ2n) is 6.42. The highest BCUT2D eigenvalue weighted by Gasteiger charge is 2.12. The van der Waals surface area contributed by atoms with Gasteiger partial charge in [-0.15, -0.1) is 0 Å². The lowest BCUT2D eigenvalue weighted by atomic mass is 10.0. The third-order valence-corrected chi connectivity index (χ3v) is 4.74. The van der Waals surface area contributed by atoms with Gasteiger partial charge in [-0.05, 0) is 48.0 Å². The van der Waals surface area contributed by atoms with E-state index in [4.69, 9.17) is 16.3 Å². The molecule has 0 saturated carbocycles. The Labute approximate surface area is 178 Å². The molecule has 0 aliphatic heterocycles. The minimum atomic E-state index is -0.394. The van der Waals surface area contributed by atoms with Gasteiger partial charge in [-0.3, -0.25) is 9.59 Å². The van der Waals surface area contributed by atoms with Gasteiger partial charge in [0.1, 0.15) is 11.6 Å². The van der Waals surface area contributed by atoms with Gasteiger partial charge in [-0.25, -0.2) is 4.39 Å². The number of hydrogen-bond acceptors (Lipinski definition) is 3.